The number of aromatic nitrogens is 1. The summed E-state index contributed by atoms with van der Waals surface area (Å²) in [6.45, 7) is 6.42. The van der Waals surface area contributed by atoms with E-state index in [1.54, 1.807) is 12.1 Å². The van der Waals surface area contributed by atoms with E-state index >= 15 is 0 Å². The number of piperazine rings is 1. The van der Waals surface area contributed by atoms with Crippen molar-refractivity contribution in [2.75, 3.05) is 44.6 Å². The van der Waals surface area contributed by atoms with Crippen LogP contribution < -0.4 is 16.4 Å². The van der Waals surface area contributed by atoms with Gasteiger partial charge in [0.1, 0.15) is 5.82 Å². The van der Waals surface area contributed by atoms with E-state index in [1.165, 1.54) is 6.20 Å². The van der Waals surface area contributed by atoms with Gasteiger partial charge in [-0.2, -0.15) is 0 Å². The van der Waals surface area contributed by atoms with Crippen molar-refractivity contribution >= 4 is 11.7 Å². The number of nitrogens with one attached hydrogen (secondary N) is 2. The fourth-order valence-electron chi connectivity index (χ4n) is 2.10. The molecule has 0 aliphatic carbocycles. The maximum atomic E-state index is 10.9. The standard InChI is InChI=1S/C13H21N5O/c14-13(19)11-2-3-12(17-10-11)16-4-1-7-18-8-5-15-6-9-18/h2-3,10,15H,1,4-9H2,(H2,14,19)(H,16,17). The Hall–Kier alpha value is -1.66. The number of amides is 1. The Bertz CT molecular complexity index is 400. The third kappa shape index (κ3) is 4.50. The highest BCUT2D eigenvalue weighted by molar-refractivity contribution is 5.92. The van der Waals surface area contributed by atoms with Crippen LogP contribution in [0.3, 0.4) is 0 Å². The second kappa shape index (κ2) is 7.06. The van der Waals surface area contributed by atoms with Crippen molar-refractivity contribution < 1.29 is 4.79 Å². The quantitative estimate of drug-likeness (QED) is 0.624. The lowest BCUT2D eigenvalue weighted by Gasteiger charge is -2.27. The first kappa shape index (κ1) is 13.8. The summed E-state index contributed by atoms with van der Waals surface area (Å²) in [7, 11) is 0. The molecule has 0 spiro atoms. The molecule has 0 saturated carbocycles. The van der Waals surface area contributed by atoms with E-state index in [1.807, 2.05) is 0 Å². The van der Waals surface area contributed by atoms with Crippen LogP contribution in [0.4, 0.5) is 5.82 Å². The number of hydrogen-bond acceptors (Lipinski definition) is 5. The number of primary amides is 1. The highest BCUT2D eigenvalue weighted by atomic mass is 16.1. The average molecular weight is 263 g/mol. The van der Waals surface area contributed by atoms with Crippen molar-refractivity contribution in [2.45, 2.75) is 6.42 Å². The largest absolute Gasteiger partial charge is 0.370 e. The SMILES string of the molecule is NC(=O)c1ccc(NCCCN2CCNCC2)nc1. The van der Waals surface area contributed by atoms with E-state index in [4.69, 9.17) is 5.73 Å². The number of nitrogens with two attached hydrogens (primary N) is 1. The van der Waals surface area contributed by atoms with Crippen LogP contribution in [0.15, 0.2) is 18.3 Å². The monoisotopic (exact) mass is 263 g/mol. The Morgan fingerprint density at radius 1 is 1.42 bits per heavy atom. The molecule has 1 aliphatic rings. The first-order valence-electron chi connectivity index (χ1n) is 6.68. The second-order valence-electron chi connectivity index (χ2n) is 4.67. The first-order valence-corrected chi connectivity index (χ1v) is 6.68. The summed E-state index contributed by atoms with van der Waals surface area (Å²) in [5.41, 5.74) is 5.59. The predicted molar refractivity (Wildman–Crippen MR) is 75.2 cm³/mol. The fraction of sp³-hybridized carbons (Fsp3) is 0.538. The van der Waals surface area contributed by atoms with Gasteiger partial charge in [0.2, 0.25) is 5.91 Å². The molecule has 0 atom stereocenters. The van der Waals surface area contributed by atoms with Gasteiger partial charge < -0.3 is 21.3 Å². The van der Waals surface area contributed by atoms with Gasteiger partial charge in [0.05, 0.1) is 5.56 Å². The molecule has 2 rings (SSSR count). The number of anilines is 1. The van der Waals surface area contributed by atoms with E-state index < -0.39 is 5.91 Å². The average Bonchev–Trinajstić information content (AvgIpc) is 2.45. The van der Waals surface area contributed by atoms with Crippen LogP contribution in [-0.4, -0.2) is 55.1 Å². The van der Waals surface area contributed by atoms with Crippen molar-refractivity contribution in [1.29, 1.82) is 0 Å². The zero-order valence-corrected chi connectivity index (χ0v) is 11.1. The zero-order chi connectivity index (χ0) is 13.5. The van der Waals surface area contributed by atoms with Crippen LogP contribution in [-0.2, 0) is 0 Å². The minimum atomic E-state index is -0.447. The third-order valence-electron chi connectivity index (χ3n) is 3.21. The molecule has 1 aromatic rings. The van der Waals surface area contributed by atoms with Crippen LogP contribution in [0.25, 0.3) is 0 Å². The molecule has 6 nitrogen and oxygen atoms in total. The van der Waals surface area contributed by atoms with Gasteiger partial charge in [0.15, 0.2) is 0 Å². The van der Waals surface area contributed by atoms with Gasteiger partial charge >= 0.3 is 0 Å². The number of pyridine rings is 1. The molecule has 4 N–H and O–H groups in total. The molecule has 2 heterocycles. The van der Waals surface area contributed by atoms with Crippen LogP contribution in [0, 0.1) is 0 Å². The molecule has 104 valence electrons. The van der Waals surface area contributed by atoms with Crippen LogP contribution >= 0.6 is 0 Å². The first-order chi connectivity index (χ1) is 9.25. The minimum absolute atomic E-state index is 0.436. The summed E-state index contributed by atoms with van der Waals surface area (Å²) < 4.78 is 0. The zero-order valence-electron chi connectivity index (χ0n) is 11.1. The van der Waals surface area contributed by atoms with Gasteiger partial charge in [-0.1, -0.05) is 0 Å². The lowest BCUT2D eigenvalue weighted by molar-refractivity contribution is 0.1000. The van der Waals surface area contributed by atoms with Crippen LogP contribution in [0.1, 0.15) is 16.8 Å². The van der Waals surface area contributed by atoms with Crippen molar-refractivity contribution in [2.24, 2.45) is 5.73 Å². The lowest BCUT2D eigenvalue weighted by atomic mass is 10.2. The fourth-order valence-corrected chi connectivity index (χ4v) is 2.10. The smallest absolute Gasteiger partial charge is 0.250 e. The molecular weight excluding hydrogens is 242 g/mol. The summed E-state index contributed by atoms with van der Waals surface area (Å²) in [6.07, 6.45) is 2.58. The topological polar surface area (TPSA) is 83.3 Å². The Morgan fingerprint density at radius 3 is 2.84 bits per heavy atom. The van der Waals surface area contributed by atoms with Crippen molar-refractivity contribution in [3.05, 3.63) is 23.9 Å². The van der Waals surface area contributed by atoms with Gasteiger partial charge in [-0.05, 0) is 25.1 Å². The molecule has 19 heavy (non-hydrogen) atoms. The van der Waals surface area contributed by atoms with E-state index in [9.17, 15) is 4.79 Å². The molecule has 1 amide bonds. The van der Waals surface area contributed by atoms with Crippen molar-refractivity contribution in [3.8, 4) is 0 Å². The molecule has 0 unspecified atom stereocenters. The highest BCUT2D eigenvalue weighted by Crippen LogP contribution is 2.04. The van der Waals surface area contributed by atoms with Gasteiger partial charge in [-0.15, -0.1) is 0 Å². The van der Waals surface area contributed by atoms with Crippen LogP contribution in [0.2, 0.25) is 0 Å². The summed E-state index contributed by atoms with van der Waals surface area (Å²) in [4.78, 5) is 17.5. The molecule has 1 saturated heterocycles. The number of hydrogen-bond donors (Lipinski definition) is 3. The summed E-state index contributed by atoms with van der Waals surface area (Å²) in [5, 5.41) is 6.59. The molecule has 1 aliphatic heterocycles. The van der Waals surface area contributed by atoms with Gasteiger partial charge in [-0.25, -0.2) is 4.98 Å². The number of carbonyl (C=O) groups excluding carboxylic acids is 1. The molecule has 1 aromatic heterocycles. The van der Waals surface area contributed by atoms with Crippen molar-refractivity contribution in [3.63, 3.8) is 0 Å². The van der Waals surface area contributed by atoms with E-state index in [2.05, 4.69) is 20.5 Å². The Balaban J connectivity index is 1.66. The third-order valence-corrected chi connectivity index (χ3v) is 3.21. The van der Waals surface area contributed by atoms with Gasteiger partial charge in [0.25, 0.3) is 0 Å². The maximum absolute atomic E-state index is 10.9. The number of nitrogens with zero attached hydrogens (tertiary/aromatic N) is 2. The van der Waals surface area contributed by atoms with Crippen molar-refractivity contribution in [1.82, 2.24) is 15.2 Å². The van der Waals surface area contributed by atoms with Gasteiger partial charge in [0, 0.05) is 38.9 Å². The molecule has 0 aromatic carbocycles. The molecule has 1 fully saturated rings. The lowest BCUT2D eigenvalue weighted by Crippen LogP contribution is -2.44. The summed E-state index contributed by atoms with van der Waals surface area (Å²) in [6, 6.07) is 3.47. The number of carbonyl (C=O) groups is 1. The molecule has 0 bridgehead atoms. The second-order valence-corrected chi connectivity index (χ2v) is 4.67. The molecule has 6 heteroatoms. The van der Waals surface area contributed by atoms with E-state index in [0.717, 1.165) is 51.5 Å². The van der Waals surface area contributed by atoms with Gasteiger partial charge in [-0.3, -0.25) is 4.79 Å². The Labute approximate surface area is 113 Å². The molecular formula is C13H21N5O. The normalized spacial score (nSPS) is 16.2. The molecule has 0 radical (unpaired) electrons. The maximum Gasteiger partial charge on any atom is 0.250 e. The highest BCUT2D eigenvalue weighted by Gasteiger charge is 2.08. The van der Waals surface area contributed by atoms with E-state index in [-0.39, 0.29) is 0 Å². The summed E-state index contributed by atoms with van der Waals surface area (Å²) in [5.74, 6) is 0.336. The Kier molecular flexibility index (Phi) is 5.11. The van der Waals surface area contributed by atoms with E-state index in [0.29, 0.717) is 5.56 Å². The number of rotatable bonds is 6. The summed E-state index contributed by atoms with van der Waals surface area (Å²) >= 11 is 0. The predicted octanol–water partition coefficient (Wildman–Crippen LogP) is -0.112. The van der Waals surface area contributed by atoms with Crippen LogP contribution in [0.5, 0.6) is 0 Å². The minimum Gasteiger partial charge on any atom is -0.370 e. The Morgan fingerprint density at radius 2 is 2.21 bits per heavy atom.